The summed E-state index contributed by atoms with van der Waals surface area (Å²) in [5, 5.41) is 5.97. The fourth-order valence-corrected chi connectivity index (χ4v) is 2.97. The van der Waals surface area contributed by atoms with E-state index in [1.54, 1.807) is 6.08 Å². The van der Waals surface area contributed by atoms with Crippen LogP contribution in [0.4, 0.5) is 4.79 Å². The minimum atomic E-state index is -0.101. The molecule has 0 aromatic heterocycles. The summed E-state index contributed by atoms with van der Waals surface area (Å²) in [4.78, 5) is 12.0. The molecule has 2 atom stereocenters. The van der Waals surface area contributed by atoms with Crippen LogP contribution in [-0.2, 0) is 0 Å². The first-order chi connectivity index (χ1) is 10.2. The summed E-state index contributed by atoms with van der Waals surface area (Å²) >= 11 is 0. The molecule has 21 heavy (non-hydrogen) atoms. The fourth-order valence-electron chi connectivity index (χ4n) is 2.97. The molecule has 3 nitrogen and oxygen atoms in total. The second kappa shape index (κ2) is 10.5. The molecule has 0 heterocycles. The van der Waals surface area contributed by atoms with E-state index in [0.717, 1.165) is 24.5 Å². The van der Waals surface area contributed by atoms with E-state index in [4.69, 9.17) is 0 Å². The molecule has 0 saturated heterocycles. The van der Waals surface area contributed by atoms with E-state index >= 15 is 0 Å². The van der Waals surface area contributed by atoms with Crippen LogP contribution in [0.25, 0.3) is 0 Å². The average Bonchev–Trinajstić information content (AvgIpc) is 2.51. The maximum absolute atomic E-state index is 12.0. The molecule has 1 fully saturated rings. The second-order valence-electron chi connectivity index (χ2n) is 6.27. The van der Waals surface area contributed by atoms with E-state index in [1.165, 1.54) is 44.9 Å². The highest BCUT2D eigenvalue weighted by Gasteiger charge is 2.14. The number of nitrogens with one attached hydrogen (secondary N) is 2. The number of rotatable bonds is 3. The predicted molar refractivity (Wildman–Crippen MR) is 90.1 cm³/mol. The molecule has 2 N–H and O–H groups in total. The lowest BCUT2D eigenvalue weighted by atomic mass is 9.97. The third-order valence-electron chi connectivity index (χ3n) is 4.37. The van der Waals surface area contributed by atoms with Crippen LogP contribution in [0.1, 0.15) is 71.6 Å². The topological polar surface area (TPSA) is 41.1 Å². The van der Waals surface area contributed by atoms with Gasteiger partial charge in [-0.05, 0) is 31.8 Å². The highest BCUT2D eigenvalue weighted by atomic mass is 16.2. The van der Waals surface area contributed by atoms with Gasteiger partial charge in [0.1, 0.15) is 0 Å². The molecule has 0 aromatic carbocycles. The van der Waals surface area contributed by atoms with Crippen molar-refractivity contribution in [1.29, 1.82) is 0 Å². The SMILES string of the molecule is C=C/C(=C\C)NC(=O)NC1CCCCCC(C)CCCC1. The van der Waals surface area contributed by atoms with Gasteiger partial charge in [-0.2, -0.15) is 0 Å². The van der Waals surface area contributed by atoms with Gasteiger partial charge in [0, 0.05) is 11.7 Å². The summed E-state index contributed by atoms with van der Waals surface area (Å²) in [6, 6.07) is 0.206. The van der Waals surface area contributed by atoms with Crippen LogP contribution in [-0.4, -0.2) is 12.1 Å². The summed E-state index contributed by atoms with van der Waals surface area (Å²) in [5.74, 6) is 0.864. The number of amides is 2. The van der Waals surface area contributed by atoms with Crippen molar-refractivity contribution in [2.75, 3.05) is 0 Å². The Balaban J connectivity index is 2.43. The Kier molecular flexibility index (Phi) is 8.88. The third-order valence-corrected chi connectivity index (χ3v) is 4.37. The van der Waals surface area contributed by atoms with E-state index in [1.807, 2.05) is 13.0 Å². The molecule has 0 bridgehead atoms. The highest BCUT2D eigenvalue weighted by molar-refractivity contribution is 5.76. The number of hydrogen-bond acceptors (Lipinski definition) is 1. The maximum Gasteiger partial charge on any atom is 0.319 e. The Morgan fingerprint density at radius 3 is 2.24 bits per heavy atom. The first-order valence-electron chi connectivity index (χ1n) is 8.52. The smallest absolute Gasteiger partial charge is 0.319 e. The molecule has 0 aliphatic heterocycles. The lowest BCUT2D eigenvalue weighted by Crippen LogP contribution is -2.41. The van der Waals surface area contributed by atoms with E-state index in [9.17, 15) is 4.79 Å². The van der Waals surface area contributed by atoms with Crippen LogP contribution in [0.15, 0.2) is 24.4 Å². The van der Waals surface area contributed by atoms with Gasteiger partial charge in [-0.3, -0.25) is 0 Å². The summed E-state index contributed by atoms with van der Waals surface area (Å²) in [5.41, 5.74) is 0.762. The quantitative estimate of drug-likeness (QED) is 0.713. The van der Waals surface area contributed by atoms with Crippen LogP contribution >= 0.6 is 0 Å². The summed E-state index contributed by atoms with van der Waals surface area (Å²) in [6.45, 7) is 7.95. The monoisotopic (exact) mass is 292 g/mol. The maximum atomic E-state index is 12.0. The second-order valence-corrected chi connectivity index (χ2v) is 6.27. The van der Waals surface area contributed by atoms with Crippen molar-refractivity contribution >= 4 is 6.03 Å². The molecular weight excluding hydrogens is 260 g/mol. The first-order valence-corrected chi connectivity index (χ1v) is 8.52. The van der Waals surface area contributed by atoms with E-state index in [0.29, 0.717) is 6.04 Å². The van der Waals surface area contributed by atoms with Crippen LogP contribution in [0.5, 0.6) is 0 Å². The lowest BCUT2D eigenvalue weighted by Gasteiger charge is -2.19. The van der Waals surface area contributed by atoms with E-state index < -0.39 is 0 Å². The van der Waals surface area contributed by atoms with Crippen molar-refractivity contribution in [2.24, 2.45) is 5.92 Å². The van der Waals surface area contributed by atoms with E-state index in [2.05, 4.69) is 24.1 Å². The molecule has 1 aliphatic rings. The number of carbonyl (C=O) groups is 1. The van der Waals surface area contributed by atoms with Crippen LogP contribution < -0.4 is 10.6 Å². The molecule has 1 saturated carbocycles. The van der Waals surface area contributed by atoms with Crippen LogP contribution in [0.2, 0.25) is 0 Å². The molecule has 0 aromatic rings. The molecule has 2 unspecified atom stereocenters. The zero-order chi connectivity index (χ0) is 15.5. The largest absolute Gasteiger partial charge is 0.335 e. The van der Waals surface area contributed by atoms with Crippen molar-refractivity contribution in [3.63, 3.8) is 0 Å². The minimum Gasteiger partial charge on any atom is -0.335 e. The molecule has 120 valence electrons. The van der Waals surface area contributed by atoms with Crippen molar-refractivity contribution in [3.05, 3.63) is 24.4 Å². The standard InChI is InChI=1S/C18H32N2O/c1-4-16(5-2)19-18(21)20-17-13-8-6-7-11-15(3)12-9-10-14-17/h4-5,15,17H,1,6-14H2,2-3H3,(H2,19,20,21)/b16-5+. The zero-order valence-electron chi connectivity index (χ0n) is 13.8. The van der Waals surface area contributed by atoms with Gasteiger partial charge in [-0.15, -0.1) is 0 Å². The Labute approximate surface area is 130 Å². The molecule has 0 radical (unpaired) electrons. The van der Waals surface area contributed by atoms with Gasteiger partial charge in [-0.25, -0.2) is 4.79 Å². The van der Waals surface area contributed by atoms with Gasteiger partial charge in [-0.1, -0.05) is 64.5 Å². The lowest BCUT2D eigenvalue weighted by molar-refractivity contribution is 0.237. The number of allylic oxidation sites excluding steroid dienone is 2. The van der Waals surface area contributed by atoms with Gasteiger partial charge in [0.05, 0.1) is 0 Å². The Bertz CT molecular complexity index is 349. The van der Waals surface area contributed by atoms with Gasteiger partial charge >= 0.3 is 6.03 Å². The van der Waals surface area contributed by atoms with Gasteiger partial charge in [0.2, 0.25) is 0 Å². The summed E-state index contributed by atoms with van der Waals surface area (Å²) in [6.07, 6.45) is 14.7. The van der Waals surface area contributed by atoms with Crippen LogP contribution in [0, 0.1) is 5.92 Å². The molecule has 3 heteroatoms. The first kappa shape index (κ1) is 17.8. The summed E-state index contributed by atoms with van der Waals surface area (Å²) < 4.78 is 0. The normalized spacial score (nSPS) is 25.5. The van der Waals surface area contributed by atoms with Crippen molar-refractivity contribution in [2.45, 2.75) is 77.7 Å². The highest BCUT2D eigenvalue weighted by Crippen LogP contribution is 2.20. The summed E-state index contributed by atoms with van der Waals surface area (Å²) in [7, 11) is 0. The van der Waals surface area contributed by atoms with Gasteiger partial charge in [0.15, 0.2) is 0 Å². The predicted octanol–water partition coefficient (Wildman–Crippen LogP) is 4.90. The van der Waals surface area contributed by atoms with Gasteiger partial charge in [0.25, 0.3) is 0 Å². The van der Waals surface area contributed by atoms with Gasteiger partial charge < -0.3 is 10.6 Å². The van der Waals surface area contributed by atoms with E-state index in [-0.39, 0.29) is 6.03 Å². The number of carbonyl (C=O) groups excluding carboxylic acids is 1. The van der Waals surface area contributed by atoms with Crippen molar-refractivity contribution in [3.8, 4) is 0 Å². The van der Waals surface area contributed by atoms with Crippen molar-refractivity contribution in [1.82, 2.24) is 10.6 Å². The zero-order valence-corrected chi connectivity index (χ0v) is 13.8. The fraction of sp³-hybridized carbons (Fsp3) is 0.722. The molecule has 1 rings (SSSR count). The van der Waals surface area contributed by atoms with Crippen molar-refractivity contribution < 1.29 is 4.79 Å². The molecule has 0 spiro atoms. The Morgan fingerprint density at radius 2 is 1.62 bits per heavy atom. The molecular formula is C18H32N2O. The average molecular weight is 292 g/mol. The third kappa shape index (κ3) is 7.93. The Morgan fingerprint density at radius 1 is 1.05 bits per heavy atom. The Hall–Kier alpha value is -1.25. The minimum absolute atomic E-state index is 0.101. The molecule has 1 aliphatic carbocycles. The van der Waals surface area contributed by atoms with Crippen LogP contribution in [0.3, 0.4) is 0 Å². The number of urea groups is 1. The molecule has 2 amide bonds. The number of hydrogen-bond donors (Lipinski definition) is 2.